The molecular formula is C26H42O6SSi2. The van der Waals surface area contributed by atoms with Crippen molar-refractivity contribution >= 4 is 26.5 Å². The summed E-state index contributed by atoms with van der Waals surface area (Å²) in [5, 5.41) is 0. The van der Waals surface area contributed by atoms with Crippen molar-refractivity contribution in [1.82, 2.24) is 0 Å². The van der Waals surface area contributed by atoms with Crippen molar-refractivity contribution in [2.75, 3.05) is 14.2 Å². The minimum absolute atomic E-state index is 0.136. The molecule has 0 atom stereocenters. The number of rotatable bonds is 14. The highest BCUT2D eigenvalue weighted by molar-refractivity contribution is 7.91. The number of ether oxygens (including phenoxy) is 2. The number of methoxy groups -OCH3 is 2. The fourth-order valence-corrected chi connectivity index (χ4v) is 11.1. The third-order valence-corrected chi connectivity index (χ3v) is 18.3. The lowest BCUT2D eigenvalue weighted by atomic mass is 10.3. The highest BCUT2D eigenvalue weighted by atomic mass is 32.2. The van der Waals surface area contributed by atoms with Crippen molar-refractivity contribution < 1.29 is 26.7 Å². The molecule has 9 heteroatoms. The topological polar surface area (TPSA) is 71.1 Å². The molecule has 2 aromatic carbocycles. The van der Waals surface area contributed by atoms with Crippen LogP contribution in [-0.2, 0) is 9.84 Å². The van der Waals surface area contributed by atoms with E-state index in [-0.39, 0.29) is 9.79 Å². The number of benzene rings is 2. The summed E-state index contributed by atoms with van der Waals surface area (Å²) in [5.41, 5.74) is 0. The molecule has 0 radical (unpaired) electrons. The molecule has 35 heavy (non-hydrogen) atoms. The average Bonchev–Trinajstić information content (AvgIpc) is 2.90. The standard InChI is InChI=1S/C26H42O6SSi2/c1-9-34(10-2,11-3)31-23-19-21(29-7)15-17-25(23)33(27,28)26-18-16-22(30-8)20-24(26)32-35(12-4,13-5)14-6/h15-20H,9-14H2,1-8H3. The molecule has 0 saturated carbocycles. The first-order valence-corrected chi connectivity index (χ1v) is 19.2. The minimum Gasteiger partial charge on any atom is -0.543 e. The fraction of sp³-hybridized carbons (Fsp3) is 0.538. The molecule has 0 aliphatic rings. The van der Waals surface area contributed by atoms with Crippen LogP contribution < -0.4 is 18.3 Å². The zero-order valence-corrected chi connectivity index (χ0v) is 25.4. The Morgan fingerprint density at radius 2 is 0.914 bits per heavy atom. The SMILES string of the molecule is CC[Si](CC)(CC)Oc1cc(OC)ccc1S(=O)(=O)c1ccc(OC)cc1O[Si](CC)(CC)CC. The summed E-state index contributed by atoms with van der Waals surface area (Å²) < 4.78 is 52.4. The monoisotopic (exact) mass is 538 g/mol. The van der Waals surface area contributed by atoms with Crippen molar-refractivity contribution in [3.63, 3.8) is 0 Å². The molecule has 0 heterocycles. The van der Waals surface area contributed by atoms with Gasteiger partial charge in [0.2, 0.25) is 9.84 Å². The number of hydrogen-bond donors (Lipinski definition) is 0. The molecule has 196 valence electrons. The summed E-state index contributed by atoms with van der Waals surface area (Å²) in [6.45, 7) is 12.7. The molecule has 0 spiro atoms. The minimum atomic E-state index is -3.96. The van der Waals surface area contributed by atoms with Crippen LogP contribution in [0, 0.1) is 0 Å². The zero-order valence-electron chi connectivity index (χ0n) is 22.6. The lowest BCUT2D eigenvalue weighted by molar-refractivity contribution is 0.409. The van der Waals surface area contributed by atoms with E-state index in [1.807, 2.05) is 0 Å². The van der Waals surface area contributed by atoms with E-state index in [9.17, 15) is 8.42 Å². The van der Waals surface area contributed by atoms with E-state index in [0.29, 0.717) is 23.0 Å². The maximum absolute atomic E-state index is 14.2. The molecule has 0 amide bonds. The van der Waals surface area contributed by atoms with Crippen molar-refractivity contribution in [3.05, 3.63) is 36.4 Å². The van der Waals surface area contributed by atoms with Gasteiger partial charge in [-0.25, -0.2) is 8.42 Å². The Morgan fingerprint density at radius 3 is 1.17 bits per heavy atom. The van der Waals surface area contributed by atoms with Gasteiger partial charge in [-0.2, -0.15) is 0 Å². The Bertz CT molecular complexity index is 983. The van der Waals surface area contributed by atoms with Crippen LogP contribution >= 0.6 is 0 Å². The van der Waals surface area contributed by atoms with Crippen LogP contribution in [0.25, 0.3) is 0 Å². The van der Waals surface area contributed by atoms with Crippen molar-refractivity contribution in [2.45, 2.75) is 87.6 Å². The summed E-state index contributed by atoms with van der Waals surface area (Å²) in [4.78, 5) is 0.273. The largest absolute Gasteiger partial charge is 0.543 e. The molecular weight excluding hydrogens is 497 g/mol. The quantitative estimate of drug-likeness (QED) is 0.235. The second-order valence-corrected chi connectivity index (χ2v) is 20.1. The summed E-state index contributed by atoms with van der Waals surface area (Å²) in [7, 11) is -5.13. The number of sulfone groups is 1. The average molecular weight is 539 g/mol. The van der Waals surface area contributed by atoms with Gasteiger partial charge in [0.05, 0.1) is 14.2 Å². The van der Waals surface area contributed by atoms with Crippen LogP contribution in [0.5, 0.6) is 23.0 Å². The number of hydrogen-bond acceptors (Lipinski definition) is 6. The van der Waals surface area contributed by atoms with E-state index < -0.39 is 26.5 Å². The molecule has 0 aliphatic heterocycles. The van der Waals surface area contributed by atoms with E-state index in [2.05, 4.69) is 41.5 Å². The molecule has 0 unspecified atom stereocenters. The van der Waals surface area contributed by atoms with Gasteiger partial charge in [-0.1, -0.05) is 41.5 Å². The van der Waals surface area contributed by atoms with Gasteiger partial charge in [-0.05, 0) is 60.5 Å². The van der Waals surface area contributed by atoms with Gasteiger partial charge >= 0.3 is 0 Å². The van der Waals surface area contributed by atoms with Crippen molar-refractivity contribution in [1.29, 1.82) is 0 Å². The molecule has 0 bridgehead atoms. The van der Waals surface area contributed by atoms with Crippen LogP contribution in [0.4, 0.5) is 0 Å². The Hall–Kier alpha value is -1.98. The van der Waals surface area contributed by atoms with Crippen LogP contribution in [0.3, 0.4) is 0 Å². The molecule has 6 nitrogen and oxygen atoms in total. The summed E-state index contributed by atoms with van der Waals surface area (Å²) >= 11 is 0. The first-order valence-electron chi connectivity index (χ1n) is 12.6. The molecule has 0 aromatic heterocycles. The zero-order chi connectivity index (χ0) is 26.3. The second kappa shape index (κ2) is 12.3. The molecule has 2 rings (SSSR count). The van der Waals surface area contributed by atoms with Gasteiger partial charge in [0, 0.05) is 12.1 Å². The Labute approximate surface area is 214 Å². The Morgan fingerprint density at radius 1 is 0.600 bits per heavy atom. The molecule has 0 N–H and O–H groups in total. The van der Waals surface area contributed by atoms with Crippen LogP contribution in [0.2, 0.25) is 36.3 Å². The summed E-state index contributed by atoms with van der Waals surface area (Å²) in [5.74, 6) is 1.83. The molecule has 2 aromatic rings. The third-order valence-electron chi connectivity index (χ3n) is 7.40. The lowest BCUT2D eigenvalue weighted by Crippen LogP contribution is -2.40. The molecule has 0 fully saturated rings. The Balaban J connectivity index is 2.75. The van der Waals surface area contributed by atoms with Gasteiger partial charge in [-0.15, -0.1) is 0 Å². The van der Waals surface area contributed by atoms with E-state index in [1.165, 1.54) is 0 Å². The van der Waals surface area contributed by atoms with Gasteiger partial charge in [0.15, 0.2) is 0 Å². The van der Waals surface area contributed by atoms with E-state index in [1.54, 1.807) is 50.6 Å². The van der Waals surface area contributed by atoms with Gasteiger partial charge in [0.1, 0.15) is 32.8 Å². The third kappa shape index (κ3) is 6.24. The van der Waals surface area contributed by atoms with Crippen LogP contribution in [0.1, 0.15) is 41.5 Å². The van der Waals surface area contributed by atoms with Gasteiger partial charge in [-0.3, -0.25) is 0 Å². The first-order chi connectivity index (χ1) is 16.6. The highest BCUT2D eigenvalue weighted by Crippen LogP contribution is 2.41. The smallest absolute Gasteiger partial charge is 0.250 e. The predicted octanol–water partition coefficient (Wildman–Crippen LogP) is 7.30. The van der Waals surface area contributed by atoms with Gasteiger partial charge in [0.25, 0.3) is 16.6 Å². The van der Waals surface area contributed by atoms with Crippen molar-refractivity contribution in [2.24, 2.45) is 0 Å². The van der Waals surface area contributed by atoms with Gasteiger partial charge < -0.3 is 18.3 Å². The highest BCUT2D eigenvalue weighted by Gasteiger charge is 2.36. The van der Waals surface area contributed by atoms with Crippen molar-refractivity contribution in [3.8, 4) is 23.0 Å². The summed E-state index contributed by atoms with van der Waals surface area (Å²) in [6, 6.07) is 15.3. The molecule has 0 saturated heterocycles. The second-order valence-electron chi connectivity index (χ2n) is 8.82. The Kier molecular flexibility index (Phi) is 10.3. The van der Waals surface area contributed by atoms with E-state index >= 15 is 0 Å². The maximum atomic E-state index is 14.2. The normalized spacial score (nSPS) is 12.3. The summed E-state index contributed by atoms with van der Waals surface area (Å²) in [6.07, 6.45) is 0. The lowest BCUT2D eigenvalue weighted by Gasteiger charge is -2.31. The van der Waals surface area contributed by atoms with Crippen LogP contribution in [-0.4, -0.2) is 39.3 Å². The maximum Gasteiger partial charge on any atom is 0.250 e. The predicted molar refractivity (Wildman–Crippen MR) is 147 cm³/mol. The molecule has 0 aliphatic carbocycles. The van der Waals surface area contributed by atoms with Crippen LogP contribution in [0.15, 0.2) is 46.2 Å². The van der Waals surface area contributed by atoms with E-state index in [0.717, 1.165) is 36.3 Å². The van der Waals surface area contributed by atoms with E-state index in [4.69, 9.17) is 18.3 Å². The fourth-order valence-electron chi connectivity index (χ4n) is 4.35. The first kappa shape index (κ1) is 29.3.